The molecule has 0 radical (unpaired) electrons. The maximum atomic E-state index is 12.3. The first-order chi connectivity index (χ1) is 12.9. The topological polar surface area (TPSA) is 104 Å². The normalized spacial score (nSPS) is 10.5. The van der Waals surface area contributed by atoms with E-state index in [4.69, 9.17) is 6.42 Å². The summed E-state index contributed by atoms with van der Waals surface area (Å²) < 4.78 is 27.2. The molecule has 2 rings (SSSR count). The summed E-state index contributed by atoms with van der Waals surface area (Å²) in [5.41, 5.74) is 0.736. The van der Waals surface area contributed by atoms with Gasteiger partial charge in [0.05, 0.1) is 11.4 Å². The van der Waals surface area contributed by atoms with Gasteiger partial charge in [-0.2, -0.15) is 0 Å². The zero-order valence-electron chi connectivity index (χ0n) is 14.4. The number of nitrogens with one attached hydrogen (secondary N) is 3. The Kier molecular flexibility index (Phi) is 6.97. The Balaban J connectivity index is 1.93. The molecule has 2 aromatic carbocycles. The van der Waals surface area contributed by atoms with E-state index in [-0.39, 0.29) is 35.9 Å². The van der Waals surface area contributed by atoms with Gasteiger partial charge in [0, 0.05) is 24.2 Å². The zero-order valence-corrected chi connectivity index (χ0v) is 15.3. The smallest absolute Gasteiger partial charge is 0.261 e. The second-order valence-electron chi connectivity index (χ2n) is 5.48. The minimum Gasteiger partial charge on any atom is -0.352 e. The molecule has 7 nitrogen and oxygen atoms in total. The van der Waals surface area contributed by atoms with E-state index in [0.717, 1.165) is 0 Å². The number of benzene rings is 2. The molecule has 0 atom stereocenters. The molecule has 0 unspecified atom stereocenters. The second-order valence-corrected chi connectivity index (χ2v) is 7.17. The number of sulfonamides is 1. The van der Waals surface area contributed by atoms with Crippen molar-refractivity contribution in [2.24, 2.45) is 0 Å². The SMILES string of the molecule is C#CCNC(=O)CCNC(=O)c1ccc(S(=O)(=O)Nc2ccccc2)cc1. The molecular weight excluding hydrogens is 366 g/mol. The van der Waals surface area contributed by atoms with Crippen molar-refractivity contribution in [2.45, 2.75) is 11.3 Å². The zero-order chi connectivity index (χ0) is 19.7. The number of para-hydroxylation sites is 1. The molecule has 0 spiro atoms. The van der Waals surface area contributed by atoms with Gasteiger partial charge in [0.2, 0.25) is 5.91 Å². The van der Waals surface area contributed by atoms with Gasteiger partial charge in [-0.15, -0.1) is 6.42 Å². The molecule has 140 valence electrons. The lowest BCUT2D eigenvalue weighted by molar-refractivity contribution is -0.120. The van der Waals surface area contributed by atoms with Gasteiger partial charge in [0.25, 0.3) is 15.9 Å². The van der Waals surface area contributed by atoms with Gasteiger partial charge in [-0.25, -0.2) is 8.42 Å². The summed E-state index contributed by atoms with van der Waals surface area (Å²) in [6.45, 7) is 0.282. The Labute approximate surface area is 158 Å². The maximum Gasteiger partial charge on any atom is 0.261 e. The molecule has 8 heteroatoms. The standard InChI is InChI=1S/C19H19N3O4S/c1-2-13-20-18(23)12-14-21-19(24)15-8-10-17(11-9-15)27(25,26)22-16-6-4-3-5-7-16/h1,3-11,22H,12-14H2,(H,20,23)(H,21,24). The number of hydrogen-bond acceptors (Lipinski definition) is 4. The largest absolute Gasteiger partial charge is 0.352 e. The number of anilines is 1. The number of terminal acetylenes is 1. The Morgan fingerprint density at radius 3 is 2.26 bits per heavy atom. The lowest BCUT2D eigenvalue weighted by Gasteiger charge is -2.09. The molecule has 0 aliphatic carbocycles. The molecule has 2 amide bonds. The van der Waals surface area contributed by atoms with Gasteiger partial charge in [0.1, 0.15) is 0 Å². The summed E-state index contributed by atoms with van der Waals surface area (Å²) in [4.78, 5) is 23.5. The third-order valence-electron chi connectivity index (χ3n) is 3.48. The summed E-state index contributed by atoms with van der Waals surface area (Å²) >= 11 is 0. The summed E-state index contributed by atoms with van der Waals surface area (Å²) in [6, 6.07) is 14.0. The van der Waals surface area contributed by atoms with Crippen LogP contribution in [0.3, 0.4) is 0 Å². The number of amides is 2. The molecule has 0 heterocycles. The van der Waals surface area contributed by atoms with Crippen LogP contribution < -0.4 is 15.4 Å². The number of carbonyl (C=O) groups is 2. The van der Waals surface area contributed by atoms with Crippen LogP contribution in [0.25, 0.3) is 0 Å². The highest BCUT2D eigenvalue weighted by molar-refractivity contribution is 7.92. The van der Waals surface area contributed by atoms with Crippen LogP contribution in [0.2, 0.25) is 0 Å². The van der Waals surface area contributed by atoms with E-state index in [1.165, 1.54) is 24.3 Å². The van der Waals surface area contributed by atoms with Crippen molar-refractivity contribution >= 4 is 27.5 Å². The molecular formula is C19H19N3O4S. The second kappa shape index (κ2) is 9.40. The lowest BCUT2D eigenvalue weighted by Crippen LogP contribution is -2.30. The fourth-order valence-electron chi connectivity index (χ4n) is 2.14. The number of rotatable bonds is 8. The monoisotopic (exact) mass is 385 g/mol. The molecule has 0 aliphatic rings. The van der Waals surface area contributed by atoms with Crippen LogP contribution in [0.4, 0.5) is 5.69 Å². The lowest BCUT2D eigenvalue weighted by atomic mass is 10.2. The van der Waals surface area contributed by atoms with Crippen molar-refractivity contribution in [1.29, 1.82) is 0 Å². The number of hydrogen-bond donors (Lipinski definition) is 3. The number of carbonyl (C=O) groups excluding carboxylic acids is 2. The van der Waals surface area contributed by atoms with Crippen LogP contribution in [-0.4, -0.2) is 33.3 Å². The highest BCUT2D eigenvalue weighted by Gasteiger charge is 2.15. The minimum atomic E-state index is -3.74. The first-order valence-electron chi connectivity index (χ1n) is 8.08. The quantitative estimate of drug-likeness (QED) is 0.597. The van der Waals surface area contributed by atoms with E-state index < -0.39 is 15.9 Å². The van der Waals surface area contributed by atoms with Gasteiger partial charge in [-0.3, -0.25) is 14.3 Å². The average molecular weight is 385 g/mol. The summed E-state index contributed by atoms with van der Waals surface area (Å²) in [5.74, 6) is 1.62. The highest BCUT2D eigenvalue weighted by atomic mass is 32.2. The van der Waals surface area contributed by atoms with Gasteiger partial charge >= 0.3 is 0 Å². The molecule has 27 heavy (non-hydrogen) atoms. The maximum absolute atomic E-state index is 12.3. The molecule has 0 fully saturated rings. The van der Waals surface area contributed by atoms with E-state index >= 15 is 0 Å². The van der Waals surface area contributed by atoms with Crippen molar-refractivity contribution in [3.05, 3.63) is 60.2 Å². The summed E-state index contributed by atoms with van der Waals surface area (Å²) in [7, 11) is -3.74. The molecule has 2 aromatic rings. The average Bonchev–Trinajstić information content (AvgIpc) is 2.67. The van der Waals surface area contributed by atoms with Crippen LogP contribution in [0.5, 0.6) is 0 Å². The van der Waals surface area contributed by atoms with E-state index in [9.17, 15) is 18.0 Å². The van der Waals surface area contributed by atoms with Gasteiger partial charge < -0.3 is 10.6 Å². The van der Waals surface area contributed by atoms with Crippen LogP contribution in [0, 0.1) is 12.3 Å². The molecule has 0 saturated carbocycles. The Morgan fingerprint density at radius 1 is 0.963 bits per heavy atom. The van der Waals surface area contributed by atoms with Crippen LogP contribution in [0.1, 0.15) is 16.8 Å². The van der Waals surface area contributed by atoms with Crippen molar-refractivity contribution in [1.82, 2.24) is 10.6 Å². The summed E-state index contributed by atoms with van der Waals surface area (Å²) in [6.07, 6.45) is 5.13. The molecule has 0 bridgehead atoms. The first-order valence-corrected chi connectivity index (χ1v) is 9.57. The van der Waals surface area contributed by atoms with E-state index in [1.54, 1.807) is 30.3 Å². The van der Waals surface area contributed by atoms with Gasteiger partial charge in [-0.1, -0.05) is 24.1 Å². The Hall–Kier alpha value is -3.31. The highest BCUT2D eigenvalue weighted by Crippen LogP contribution is 2.16. The predicted octanol–water partition coefficient (Wildman–Crippen LogP) is 1.36. The van der Waals surface area contributed by atoms with Gasteiger partial charge in [0.15, 0.2) is 0 Å². The van der Waals surface area contributed by atoms with Crippen molar-refractivity contribution in [2.75, 3.05) is 17.8 Å². The third kappa shape index (κ3) is 6.17. The molecule has 0 saturated heterocycles. The Morgan fingerprint density at radius 2 is 1.63 bits per heavy atom. The van der Waals surface area contributed by atoms with Crippen LogP contribution >= 0.6 is 0 Å². The van der Waals surface area contributed by atoms with Crippen molar-refractivity contribution < 1.29 is 18.0 Å². The first kappa shape index (κ1) is 20.0. The van der Waals surface area contributed by atoms with Gasteiger partial charge in [-0.05, 0) is 36.4 Å². The summed E-state index contributed by atoms with van der Waals surface area (Å²) in [5, 5.41) is 5.08. The Bertz CT molecular complexity index is 933. The fraction of sp³-hybridized carbons (Fsp3) is 0.158. The van der Waals surface area contributed by atoms with E-state index in [0.29, 0.717) is 5.69 Å². The predicted molar refractivity (Wildman–Crippen MR) is 102 cm³/mol. The third-order valence-corrected chi connectivity index (χ3v) is 4.88. The van der Waals surface area contributed by atoms with Crippen molar-refractivity contribution in [3.63, 3.8) is 0 Å². The van der Waals surface area contributed by atoms with Crippen LogP contribution in [0.15, 0.2) is 59.5 Å². The minimum absolute atomic E-state index is 0.0385. The van der Waals surface area contributed by atoms with E-state index in [1.807, 2.05) is 0 Å². The fourth-order valence-corrected chi connectivity index (χ4v) is 3.19. The molecule has 0 aromatic heterocycles. The molecule has 3 N–H and O–H groups in total. The van der Waals surface area contributed by atoms with Crippen LogP contribution in [-0.2, 0) is 14.8 Å². The molecule has 0 aliphatic heterocycles. The van der Waals surface area contributed by atoms with E-state index in [2.05, 4.69) is 21.3 Å². The van der Waals surface area contributed by atoms with Crippen molar-refractivity contribution in [3.8, 4) is 12.3 Å².